The maximum Gasteiger partial charge on any atom is 0.229 e. The SMILES string of the molecule is Cc1cc(-c2cnoc2N)ccc1O. The lowest BCUT2D eigenvalue weighted by Gasteiger charge is -2.01. The fourth-order valence-corrected chi connectivity index (χ4v) is 1.29. The molecule has 0 atom stereocenters. The zero-order valence-electron chi connectivity index (χ0n) is 7.69. The molecule has 2 rings (SSSR count). The summed E-state index contributed by atoms with van der Waals surface area (Å²) in [5, 5.41) is 12.9. The molecule has 0 saturated heterocycles. The Morgan fingerprint density at radius 2 is 2.21 bits per heavy atom. The fraction of sp³-hybridized carbons (Fsp3) is 0.100. The van der Waals surface area contributed by atoms with Crippen LogP contribution in [-0.2, 0) is 0 Å². The Hall–Kier alpha value is -1.97. The Kier molecular flexibility index (Phi) is 1.89. The molecule has 3 N–H and O–H groups in total. The van der Waals surface area contributed by atoms with Gasteiger partial charge < -0.3 is 15.4 Å². The Morgan fingerprint density at radius 1 is 1.43 bits per heavy atom. The molecule has 0 aliphatic carbocycles. The zero-order valence-corrected chi connectivity index (χ0v) is 7.69. The lowest BCUT2D eigenvalue weighted by Crippen LogP contribution is -1.85. The minimum atomic E-state index is 0.267. The Bertz CT molecular complexity index is 463. The van der Waals surface area contributed by atoms with E-state index in [1.807, 2.05) is 13.0 Å². The largest absolute Gasteiger partial charge is 0.508 e. The van der Waals surface area contributed by atoms with E-state index in [1.165, 1.54) is 0 Å². The molecule has 0 saturated carbocycles. The first-order chi connectivity index (χ1) is 6.68. The number of hydrogen-bond acceptors (Lipinski definition) is 4. The number of rotatable bonds is 1. The van der Waals surface area contributed by atoms with Crippen LogP contribution in [0.4, 0.5) is 5.88 Å². The van der Waals surface area contributed by atoms with Crippen LogP contribution in [-0.4, -0.2) is 10.3 Å². The third-order valence-corrected chi connectivity index (χ3v) is 2.11. The van der Waals surface area contributed by atoms with E-state index in [1.54, 1.807) is 18.3 Å². The van der Waals surface area contributed by atoms with Gasteiger partial charge in [0.15, 0.2) is 0 Å². The molecule has 0 fully saturated rings. The second-order valence-electron chi connectivity index (χ2n) is 3.10. The molecule has 1 aromatic heterocycles. The second-order valence-corrected chi connectivity index (χ2v) is 3.10. The van der Waals surface area contributed by atoms with Crippen molar-refractivity contribution in [2.45, 2.75) is 6.92 Å². The van der Waals surface area contributed by atoms with Crippen molar-refractivity contribution < 1.29 is 9.63 Å². The summed E-state index contributed by atoms with van der Waals surface area (Å²) < 4.78 is 4.75. The minimum Gasteiger partial charge on any atom is -0.508 e. The van der Waals surface area contributed by atoms with Gasteiger partial charge in [-0.3, -0.25) is 0 Å². The van der Waals surface area contributed by atoms with Gasteiger partial charge in [0, 0.05) is 0 Å². The van der Waals surface area contributed by atoms with E-state index in [2.05, 4.69) is 5.16 Å². The molecule has 4 nitrogen and oxygen atoms in total. The summed E-state index contributed by atoms with van der Waals surface area (Å²) in [7, 11) is 0. The van der Waals surface area contributed by atoms with E-state index < -0.39 is 0 Å². The Morgan fingerprint density at radius 3 is 2.79 bits per heavy atom. The molecule has 1 aromatic carbocycles. The van der Waals surface area contributed by atoms with Crippen LogP contribution in [0.1, 0.15) is 5.56 Å². The molecule has 72 valence electrons. The lowest BCUT2D eigenvalue weighted by molar-refractivity contribution is 0.436. The zero-order chi connectivity index (χ0) is 10.1. The second kappa shape index (κ2) is 3.06. The van der Waals surface area contributed by atoms with Gasteiger partial charge in [0.25, 0.3) is 0 Å². The fourth-order valence-electron chi connectivity index (χ4n) is 1.29. The first kappa shape index (κ1) is 8.62. The van der Waals surface area contributed by atoms with Gasteiger partial charge in [-0.25, -0.2) is 0 Å². The summed E-state index contributed by atoms with van der Waals surface area (Å²) >= 11 is 0. The highest BCUT2D eigenvalue weighted by Gasteiger charge is 2.07. The molecule has 0 amide bonds. The van der Waals surface area contributed by atoms with Gasteiger partial charge in [-0.2, -0.15) is 0 Å². The van der Waals surface area contributed by atoms with Gasteiger partial charge in [-0.1, -0.05) is 11.2 Å². The number of anilines is 1. The van der Waals surface area contributed by atoms with Crippen LogP contribution >= 0.6 is 0 Å². The van der Waals surface area contributed by atoms with E-state index in [0.717, 1.165) is 16.7 Å². The van der Waals surface area contributed by atoms with Crippen molar-refractivity contribution >= 4 is 5.88 Å². The van der Waals surface area contributed by atoms with Gasteiger partial charge in [-0.15, -0.1) is 0 Å². The van der Waals surface area contributed by atoms with Crippen LogP contribution < -0.4 is 5.73 Å². The molecular formula is C10H10N2O2. The van der Waals surface area contributed by atoms with Gasteiger partial charge in [0.1, 0.15) is 5.75 Å². The van der Waals surface area contributed by atoms with E-state index in [9.17, 15) is 5.11 Å². The highest BCUT2D eigenvalue weighted by molar-refractivity contribution is 5.72. The normalized spacial score (nSPS) is 10.4. The molecule has 0 unspecified atom stereocenters. The third kappa shape index (κ3) is 1.31. The summed E-state index contributed by atoms with van der Waals surface area (Å²) in [4.78, 5) is 0. The first-order valence-corrected chi connectivity index (χ1v) is 4.18. The summed E-state index contributed by atoms with van der Waals surface area (Å²) in [5.74, 6) is 0.555. The number of aromatic hydroxyl groups is 1. The number of phenols is 1. The van der Waals surface area contributed by atoms with Crippen LogP contribution in [0.2, 0.25) is 0 Å². The number of hydrogen-bond donors (Lipinski definition) is 2. The van der Waals surface area contributed by atoms with Crippen LogP contribution in [0.25, 0.3) is 11.1 Å². The molecule has 0 aliphatic rings. The van der Waals surface area contributed by atoms with Gasteiger partial charge >= 0.3 is 0 Å². The van der Waals surface area contributed by atoms with Crippen molar-refractivity contribution in [3.8, 4) is 16.9 Å². The smallest absolute Gasteiger partial charge is 0.229 e. The predicted octanol–water partition coefficient (Wildman–Crippen LogP) is 1.94. The van der Waals surface area contributed by atoms with Crippen molar-refractivity contribution in [1.29, 1.82) is 0 Å². The number of nitrogens with two attached hydrogens (primary N) is 1. The van der Waals surface area contributed by atoms with Gasteiger partial charge in [-0.05, 0) is 30.2 Å². The monoisotopic (exact) mass is 190 g/mol. The quantitative estimate of drug-likeness (QED) is 0.720. The van der Waals surface area contributed by atoms with Gasteiger partial charge in [0.2, 0.25) is 5.88 Å². The van der Waals surface area contributed by atoms with Gasteiger partial charge in [0.05, 0.1) is 11.8 Å². The highest BCUT2D eigenvalue weighted by Crippen LogP contribution is 2.28. The van der Waals surface area contributed by atoms with Crippen molar-refractivity contribution in [2.75, 3.05) is 5.73 Å². The number of benzene rings is 1. The summed E-state index contributed by atoms with van der Waals surface area (Å²) in [6.07, 6.45) is 1.56. The third-order valence-electron chi connectivity index (χ3n) is 2.11. The van der Waals surface area contributed by atoms with Crippen LogP contribution in [0, 0.1) is 6.92 Å². The summed E-state index contributed by atoms with van der Waals surface area (Å²) in [5.41, 5.74) is 8.00. The maximum absolute atomic E-state index is 9.34. The van der Waals surface area contributed by atoms with E-state index >= 15 is 0 Å². The van der Waals surface area contributed by atoms with Crippen molar-refractivity contribution in [2.24, 2.45) is 0 Å². The maximum atomic E-state index is 9.34. The van der Waals surface area contributed by atoms with Crippen molar-refractivity contribution in [1.82, 2.24) is 5.16 Å². The number of phenolic OH excluding ortho intramolecular Hbond substituents is 1. The molecule has 0 spiro atoms. The average molecular weight is 190 g/mol. The lowest BCUT2D eigenvalue weighted by atomic mass is 10.1. The molecule has 2 aromatic rings. The number of nitrogen functional groups attached to an aromatic ring is 1. The molecule has 0 radical (unpaired) electrons. The molecule has 14 heavy (non-hydrogen) atoms. The standard InChI is InChI=1S/C10H10N2O2/c1-6-4-7(2-3-9(6)13)8-5-12-14-10(8)11/h2-5,13H,11H2,1H3. The van der Waals surface area contributed by atoms with Crippen molar-refractivity contribution in [3.05, 3.63) is 30.0 Å². The molecular weight excluding hydrogens is 180 g/mol. The molecule has 1 heterocycles. The molecule has 0 aliphatic heterocycles. The first-order valence-electron chi connectivity index (χ1n) is 4.18. The molecule has 4 heteroatoms. The Balaban J connectivity index is 2.53. The van der Waals surface area contributed by atoms with Crippen LogP contribution in [0.5, 0.6) is 5.75 Å². The topological polar surface area (TPSA) is 72.3 Å². The summed E-state index contributed by atoms with van der Waals surface area (Å²) in [6.45, 7) is 1.82. The van der Waals surface area contributed by atoms with Crippen LogP contribution in [0.3, 0.4) is 0 Å². The van der Waals surface area contributed by atoms with E-state index in [-0.39, 0.29) is 11.6 Å². The molecule has 0 bridgehead atoms. The highest BCUT2D eigenvalue weighted by atomic mass is 16.5. The van der Waals surface area contributed by atoms with Crippen molar-refractivity contribution in [3.63, 3.8) is 0 Å². The average Bonchev–Trinajstić information content (AvgIpc) is 2.57. The summed E-state index contributed by atoms with van der Waals surface area (Å²) in [6, 6.07) is 5.22. The number of aromatic nitrogens is 1. The number of nitrogens with zero attached hydrogens (tertiary/aromatic N) is 1. The van der Waals surface area contributed by atoms with E-state index in [4.69, 9.17) is 10.3 Å². The number of aryl methyl sites for hydroxylation is 1. The Labute approximate surface area is 81.0 Å². The van der Waals surface area contributed by atoms with Crippen LogP contribution in [0.15, 0.2) is 28.9 Å². The van der Waals surface area contributed by atoms with E-state index in [0.29, 0.717) is 0 Å². The minimum absolute atomic E-state index is 0.267. The predicted molar refractivity (Wildman–Crippen MR) is 52.8 cm³/mol.